The van der Waals surface area contributed by atoms with Gasteiger partial charge in [-0.1, -0.05) is 23.7 Å². The molecule has 0 bridgehead atoms. The van der Waals surface area contributed by atoms with Crippen LogP contribution in [0.25, 0.3) is 0 Å². The average Bonchev–Trinajstić information content (AvgIpc) is 2.74. The standard InChI is InChI=1S/C23H20ClFN2O2/c24-18-2-1-3-21(15-18)29-20-7-5-19(6-8-20)26-16-17-4-9-23(22(25)14-17)27-10-12-28-13-11-27/h1-9,14-16H,10-13H2. The largest absolute Gasteiger partial charge is 0.457 e. The molecule has 0 atom stereocenters. The molecule has 29 heavy (non-hydrogen) atoms. The molecule has 0 radical (unpaired) electrons. The molecule has 0 spiro atoms. The lowest BCUT2D eigenvalue weighted by Gasteiger charge is -2.29. The summed E-state index contributed by atoms with van der Waals surface area (Å²) in [5.41, 5.74) is 2.06. The second-order valence-electron chi connectivity index (χ2n) is 6.62. The molecule has 3 aromatic rings. The van der Waals surface area contributed by atoms with Crippen LogP contribution in [-0.4, -0.2) is 32.5 Å². The number of nitrogens with zero attached hydrogens (tertiary/aromatic N) is 2. The number of morpholine rings is 1. The quantitative estimate of drug-likeness (QED) is 0.494. The highest BCUT2D eigenvalue weighted by molar-refractivity contribution is 6.30. The monoisotopic (exact) mass is 410 g/mol. The highest BCUT2D eigenvalue weighted by Crippen LogP contribution is 2.26. The van der Waals surface area contributed by atoms with Gasteiger partial charge in [-0.3, -0.25) is 4.99 Å². The summed E-state index contributed by atoms with van der Waals surface area (Å²) >= 11 is 5.97. The minimum atomic E-state index is -0.249. The van der Waals surface area contributed by atoms with E-state index in [0.29, 0.717) is 54.1 Å². The number of halogens is 2. The summed E-state index contributed by atoms with van der Waals surface area (Å²) in [6, 6.07) is 19.7. The normalized spacial score (nSPS) is 14.3. The Morgan fingerprint density at radius 3 is 2.48 bits per heavy atom. The lowest BCUT2D eigenvalue weighted by Crippen LogP contribution is -2.36. The zero-order valence-electron chi connectivity index (χ0n) is 15.7. The molecule has 0 saturated carbocycles. The number of anilines is 1. The lowest BCUT2D eigenvalue weighted by molar-refractivity contribution is 0.122. The van der Waals surface area contributed by atoms with Crippen LogP contribution in [0.15, 0.2) is 71.7 Å². The van der Waals surface area contributed by atoms with Gasteiger partial charge in [0.05, 0.1) is 24.6 Å². The first-order chi connectivity index (χ1) is 14.2. The Labute approximate surface area is 174 Å². The first kappa shape index (κ1) is 19.4. The van der Waals surface area contributed by atoms with Gasteiger partial charge in [0, 0.05) is 24.3 Å². The predicted molar refractivity (Wildman–Crippen MR) is 115 cm³/mol. The number of aliphatic imine (C=N–C) groups is 1. The number of rotatable bonds is 5. The molecule has 0 N–H and O–H groups in total. The molecule has 3 aromatic carbocycles. The molecule has 1 saturated heterocycles. The molecule has 1 aliphatic rings. The summed E-state index contributed by atoms with van der Waals surface area (Å²) in [5, 5.41) is 0.621. The van der Waals surface area contributed by atoms with Crippen molar-refractivity contribution in [1.82, 2.24) is 0 Å². The third-order valence-electron chi connectivity index (χ3n) is 4.55. The Hall–Kier alpha value is -2.89. The zero-order chi connectivity index (χ0) is 20.1. The molecule has 1 fully saturated rings. The number of hydrogen-bond donors (Lipinski definition) is 0. The molecular weight excluding hydrogens is 391 g/mol. The van der Waals surface area contributed by atoms with E-state index in [2.05, 4.69) is 4.99 Å². The summed E-state index contributed by atoms with van der Waals surface area (Å²) in [6.45, 7) is 2.65. The summed E-state index contributed by atoms with van der Waals surface area (Å²) < 4.78 is 25.6. The summed E-state index contributed by atoms with van der Waals surface area (Å²) in [4.78, 5) is 6.42. The highest BCUT2D eigenvalue weighted by Gasteiger charge is 2.14. The molecule has 0 aromatic heterocycles. The van der Waals surface area contributed by atoms with Crippen molar-refractivity contribution in [3.05, 3.63) is 83.1 Å². The van der Waals surface area contributed by atoms with Crippen molar-refractivity contribution in [3.63, 3.8) is 0 Å². The van der Waals surface area contributed by atoms with Crippen LogP contribution < -0.4 is 9.64 Å². The van der Waals surface area contributed by atoms with Crippen molar-refractivity contribution < 1.29 is 13.9 Å². The van der Waals surface area contributed by atoms with Crippen molar-refractivity contribution in [1.29, 1.82) is 0 Å². The Morgan fingerprint density at radius 2 is 1.76 bits per heavy atom. The van der Waals surface area contributed by atoms with E-state index in [-0.39, 0.29) is 5.82 Å². The molecule has 1 heterocycles. The van der Waals surface area contributed by atoms with Crippen LogP contribution >= 0.6 is 11.6 Å². The van der Waals surface area contributed by atoms with Crippen LogP contribution in [0.1, 0.15) is 5.56 Å². The van der Waals surface area contributed by atoms with Crippen LogP contribution in [0.2, 0.25) is 5.02 Å². The van der Waals surface area contributed by atoms with Gasteiger partial charge in [-0.25, -0.2) is 4.39 Å². The Bertz CT molecular complexity index is 1000. The number of ether oxygens (including phenoxy) is 2. The molecule has 1 aliphatic heterocycles. The molecule has 4 rings (SSSR count). The maximum Gasteiger partial charge on any atom is 0.147 e. The third kappa shape index (κ3) is 5.13. The van der Waals surface area contributed by atoms with E-state index in [9.17, 15) is 4.39 Å². The second-order valence-corrected chi connectivity index (χ2v) is 7.06. The van der Waals surface area contributed by atoms with Gasteiger partial charge in [0.2, 0.25) is 0 Å². The van der Waals surface area contributed by atoms with Gasteiger partial charge in [0.1, 0.15) is 17.3 Å². The summed E-state index contributed by atoms with van der Waals surface area (Å²) in [5.74, 6) is 1.11. The van der Waals surface area contributed by atoms with E-state index in [1.807, 2.05) is 47.4 Å². The molecule has 0 amide bonds. The third-order valence-corrected chi connectivity index (χ3v) is 4.79. The first-order valence-electron chi connectivity index (χ1n) is 9.37. The average molecular weight is 411 g/mol. The van der Waals surface area contributed by atoms with Gasteiger partial charge >= 0.3 is 0 Å². The van der Waals surface area contributed by atoms with E-state index < -0.39 is 0 Å². The van der Waals surface area contributed by atoms with Crippen LogP contribution in [0.4, 0.5) is 15.8 Å². The topological polar surface area (TPSA) is 34.1 Å². The van der Waals surface area contributed by atoms with Gasteiger partial charge < -0.3 is 14.4 Å². The smallest absolute Gasteiger partial charge is 0.147 e. The number of benzene rings is 3. The van der Waals surface area contributed by atoms with E-state index in [0.717, 1.165) is 5.69 Å². The minimum Gasteiger partial charge on any atom is -0.457 e. The second kappa shape index (κ2) is 9.07. The molecule has 4 nitrogen and oxygen atoms in total. The fourth-order valence-corrected chi connectivity index (χ4v) is 3.26. The van der Waals surface area contributed by atoms with Gasteiger partial charge in [-0.2, -0.15) is 0 Å². The highest BCUT2D eigenvalue weighted by atomic mass is 35.5. The van der Waals surface area contributed by atoms with Crippen molar-refractivity contribution in [2.75, 3.05) is 31.2 Å². The molecule has 6 heteroatoms. The van der Waals surface area contributed by atoms with Crippen molar-refractivity contribution in [2.45, 2.75) is 0 Å². The lowest BCUT2D eigenvalue weighted by atomic mass is 10.2. The fraction of sp³-hybridized carbons (Fsp3) is 0.174. The molecule has 0 unspecified atom stereocenters. The van der Waals surface area contributed by atoms with Gasteiger partial charge in [-0.15, -0.1) is 0 Å². The first-order valence-corrected chi connectivity index (χ1v) is 9.75. The van der Waals surface area contributed by atoms with Gasteiger partial charge in [0.15, 0.2) is 0 Å². The maximum absolute atomic E-state index is 14.5. The Balaban J connectivity index is 1.41. The zero-order valence-corrected chi connectivity index (χ0v) is 16.5. The van der Waals surface area contributed by atoms with E-state index >= 15 is 0 Å². The molecule has 148 valence electrons. The summed E-state index contributed by atoms with van der Waals surface area (Å²) in [6.07, 6.45) is 1.65. The molecular formula is C23H20ClFN2O2. The van der Waals surface area contributed by atoms with E-state index in [1.54, 1.807) is 24.4 Å². The van der Waals surface area contributed by atoms with E-state index in [1.165, 1.54) is 6.07 Å². The van der Waals surface area contributed by atoms with Gasteiger partial charge in [-0.05, 0) is 60.2 Å². The van der Waals surface area contributed by atoms with Crippen molar-refractivity contribution in [3.8, 4) is 11.5 Å². The number of hydrogen-bond acceptors (Lipinski definition) is 4. The maximum atomic E-state index is 14.5. The molecule has 0 aliphatic carbocycles. The Morgan fingerprint density at radius 1 is 0.966 bits per heavy atom. The van der Waals surface area contributed by atoms with E-state index in [4.69, 9.17) is 21.1 Å². The van der Waals surface area contributed by atoms with Gasteiger partial charge in [0.25, 0.3) is 0 Å². The van der Waals surface area contributed by atoms with Crippen molar-refractivity contribution in [2.24, 2.45) is 4.99 Å². The predicted octanol–water partition coefficient (Wildman–Crippen LogP) is 5.86. The Kier molecular flexibility index (Phi) is 6.08. The van der Waals surface area contributed by atoms with Crippen LogP contribution in [-0.2, 0) is 4.74 Å². The van der Waals surface area contributed by atoms with Crippen LogP contribution in [0.3, 0.4) is 0 Å². The van der Waals surface area contributed by atoms with Crippen molar-refractivity contribution >= 4 is 29.2 Å². The minimum absolute atomic E-state index is 0.249. The fourth-order valence-electron chi connectivity index (χ4n) is 3.08. The van der Waals surface area contributed by atoms with Crippen LogP contribution in [0, 0.1) is 5.82 Å². The SMILES string of the molecule is Fc1cc(C=Nc2ccc(Oc3cccc(Cl)c3)cc2)ccc1N1CCOCC1. The van der Waals surface area contributed by atoms with Crippen LogP contribution in [0.5, 0.6) is 11.5 Å². The summed E-state index contributed by atoms with van der Waals surface area (Å²) in [7, 11) is 0.